The quantitative estimate of drug-likeness (QED) is 0.631. The van der Waals surface area contributed by atoms with E-state index in [-0.39, 0.29) is 17.5 Å². The average molecular weight is 327 g/mol. The summed E-state index contributed by atoms with van der Waals surface area (Å²) in [5.41, 5.74) is 0.579. The molecular weight excluding hydrogens is 312 g/mol. The first-order valence-electron chi connectivity index (χ1n) is 6.21. The number of rotatable bonds is 3. The molecule has 6 heteroatoms. The highest BCUT2D eigenvalue weighted by molar-refractivity contribution is 9.10. The molecule has 0 radical (unpaired) electrons. The van der Waals surface area contributed by atoms with E-state index in [1.54, 1.807) is 19.1 Å². The third-order valence-electron chi connectivity index (χ3n) is 3.42. The Morgan fingerprint density at radius 2 is 2.21 bits per heavy atom. The van der Waals surface area contributed by atoms with Gasteiger partial charge in [0.2, 0.25) is 0 Å². The molecular formula is C13H15BrN2O3. The van der Waals surface area contributed by atoms with Crippen LogP contribution in [0, 0.1) is 10.1 Å². The predicted molar refractivity (Wildman–Crippen MR) is 76.5 cm³/mol. The van der Waals surface area contributed by atoms with Crippen LogP contribution in [0.15, 0.2) is 22.7 Å². The number of Topliss-reactive ketones (excluding diaryl/α,β-unsaturated/α-hetero) is 1. The lowest BCUT2D eigenvalue weighted by atomic mass is 9.98. The van der Waals surface area contributed by atoms with Gasteiger partial charge in [0, 0.05) is 17.1 Å². The number of ketones is 1. The fourth-order valence-electron chi connectivity index (χ4n) is 2.53. The van der Waals surface area contributed by atoms with Gasteiger partial charge in [0.1, 0.15) is 5.69 Å². The second kappa shape index (κ2) is 5.69. The van der Waals surface area contributed by atoms with E-state index in [1.165, 1.54) is 6.07 Å². The Morgan fingerprint density at radius 1 is 1.47 bits per heavy atom. The van der Waals surface area contributed by atoms with Crippen LogP contribution in [-0.4, -0.2) is 23.3 Å². The van der Waals surface area contributed by atoms with Gasteiger partial charge in [0.15, 0.2) is 5.78 Å². The molecule has 1 aliphatic heterocycles. The van der Waals surface area contributed by atoms with Crippen molar-refractivity contribution in [3.63, 3.8) is 0 Å². The molecule has 0 aromatic heterocycles. The van der Waals surface area contributed by atoms with E-state index in [1.807, 2.05) is 4.90 Å². The summed E-state index contributed by atoms with van der Waals surface area (Å²) in [5, 5.41) is 11.2. The van der Waals surface area contributed by atoms with Gasteiger partial charge in [-0.05, 0) is 38.3 Å². The Bertz CT molecular complexity index is 519. The molecule has 0 amide bonds. The van der Waals surface area contributed by atoms with Crippen molar-refractivity contribution in [3.05, 3.63) is 32.8 Å². The maximum Gasteiger partial charge on any atom is 0.293 e. The average Bonchev–Trinajstić information content (AvgIpc) is 2.38. The number of halogens is 1. The normalized spacial score (nSPS) is 19.3. The number of nitro benzene ring substituents is 1. The van der Waals surface area contributed by atoms with Crippen LogP contribution >= 0.6 is 15.9 Å². The molecule has 1 fully saturated rings. The lowest BCUT2D eigenvalue weighted by Gasteiger charge is -2.35. The van der Waals surface area contributed by atoms with Gasteiger partial charge in [0.05, 0.1) is 11.0 Å². The van der Waals surface area contributed by atoms with Crippen LogP contribution in [-0.2, 0) is 4.79 Å². The minimum absolute atomic E-state index is 0.0440. The predicted octanol–water partition coefficient (Wildman–Crippen LogP) is 3.31. The highest BCUT2D eigenvalue weighted by Gasteiger charge is 2.30. The van der Waals surface area contributed by atoms with Crippen molar-refractivity contribution in [1.29, 1.82) is 0 Å². The van der Waals surface area contributed by atoms with Crippen LogP contribution in [0.2, 0.25) is 0 Å². The summed E-state index contributed by atoms with van der Waals surface area (Å²) in [6, 6.07) is 4.73. The molecule has 0 spiro atoms. The lowest BCUT2D eigenvalue weighted by Crippen LogP contribution is -2.44. The van der Waals surface area contributed by atoms with Gasteiger partial charge in [-0.25, -0.2) is 0 Å². The summed E-state index contributed by atoms with van der Waals surface area (Å²) in [6.45, 7) is 2.24. The minimum atomic E-state index is -0.397. The summed E-state index contributed by atoms with van der Waals surface area (Å²) in [5.74, 6) is 0.0666. The number of nitrogens with zero attached hydrogens (tertiary/aromatic N) is 2. The molecule has 1 heterocycles. The molecule has 0 bridgehead atoms. The van der Waals surface area contributed by atoms with Crippen molar-refractivity contribution in [2.45, 2.75) is 32.2 Å². The zero-order chi connectivity index (χ0) is 14.0. The number of hydrogen-bond donors (Lipinski definition) is 0. The van der Waals surface area contributed by atoms with Gasteiger partial charge in [-0.3, -0.25) is 14.9 Å². The molecule has 19 heavy (non-hydrogen) atoms. The van der Waals surface area contributed by atoms with Crippen molar-refractivity contribution in [2.24, 2.45) is 0 Å². The van der Waals surface area contributed by atoms with E-state index in [2.05, 4.69) is 15.9 Å². The summed E-state index contributed by atoms with van der Waals surface area (Å²) in [6.07, 6.45) is 2.71. The highest BCUT2D eigenvalue weighted by atomic mass is 79.9. The van der Waals surface area contributed by atoms with E-state index < -0.39 is 4.92 Å². The number of piperidine rings is 1. The fourth-order valence-corrected chi connectivity index (χ4v) is 2.88. The monoisotopic (exact) mass is 326 g/mol. The van der Waals surface area contributed by atoms with Gasteiger partial charge in [-0.15, -0.1) is 0 Å². The van der Waals surface area contributed by atoms with Crippen molar-refractivity contribution in [1.82, 2.24) is 0 Å². The molecule has 5 nitrogen and oxygen atoms in total. The SMILES string of the molecule is CC(=O)C1CCCCN1c1ccc(Br)cc1[N+](=O)[O-]. The standard InChI is InChI=1S/C13H15BrN2O3/c1-9(17)11-4-2-3-7-15(11)12-6-5-10(14)8-13(12)16(18)19/h5-6,8,11H,2-4,7H2,1H3. The maximum absolute atomic E-state index is 11.7. The van der Waals surface area contributed by atoms with E-state index in [0.717, 1.165) is 19.3 Å². The zero-order valence-electron chi connectivity index (χ0n) is 10.6. The second-order valence-corrected chi connectivity index (χ2v) is 5.62. The Kier molecular flexibility index (Phi) is 4.19. The Hall–Kier alpha value is -1.43. The largest absolute Gasteiger partial charge is 0.356 e. The van der Waals surface area contributed by atoms with E-state index in [4.69, 9.17) is 0 Å². The third-order valence-corrected chi connectivity index (χ3v) is 3.91. The topological polar surface area (TPSA) is 63.5 Å². The van der Waals surface area contributed by atoms with Crippen LogP contribution in [0.25, 0.3) is 0 Å². The van der Waals surface area contributed by atoms with Crippen LogP contribution in [0.4, 0.5) is 11.4 Å². The van der Waals surface area contributed by atoms with Gasteiger partial charge >= 0.3 is 0 Å². The molecule has 0 saturated carbocycles. The van der Waals surface area contributed by atoms with Gasteiger partial charge in [0.25, 0.3) is 5.69 Å². The lowest BCUT2D eigenvalue weighted by molar-refractivity contribution is -0.384. The Labute approximate surface area is 119 Å². The van der Waals surface area contributed by atoms with Crippen molar-refractivity contribution in [2.75, 3.05) is 11.4 Å². The first kappa shape index (κ1) is 14.0. The Balaban J connectivity index is 2.44. The number of nitro groups is 1. The first-order chi connectivity index (χ1) is 9.00. The van der Waals surface area contributed by atoms with Gasteiger partial charge < -0.3 is 4.90 Å². The molecule has 1 aromatic rings. The molecule has 1 aliphatic rings. The number of benzene rings is 1. The van der Waals surface area contributed by atoms with E-state index in [9.17, 15) is 14.9 Å². The van der Waals surface area contributed by atoms with Crippen LogP contribution < -0.4 is 4.90 Å². The number of carbonyl (C=O) groups excluding carboxylic acids is 1. The van der Waals surface area contributed by atoms with Crippen LogP contribution in [0.1, 0.15) is 26.2 Å². The maximum atomic E-state index is 11.7. The summed E-state index contributed by atoms with van der Waals surface area (Å²) in [7, 11) is 0. The van der Waals surface area contributed by atoms with Crippen LogP contribution in [0.3, 0.4) is 0 Å². The molecule has 102 valence electrons. The van der Waals surface area contributed by atoms with Gasteiger partial charge in [-0.1, -0.05) is 15.9 Å². The van der Waals surface area contributed by atoms with Gasteiger partial charge in [-0.2, -0.15) is 0 Å². The smallest absolute Gasteiger partial charge is 0.293 e. The van der Waals surface area contributed by atoms with Crippen molar-refractivity contribution >= 4 is 33.1 Å². The summed E-state index contributed by atoms with van der Waals surface area (Å²) in [4.78, 5) is 24.4. The summed E-state index contributed by atoms with van der Waals surface area (Å²) < 4.78 is 0.666. The van der Waals surface area contributed by atoms with Crippen LogP contribution in [0.5, 0.6) is 0 Å². The Morgan fingerprint density at radius 3 is 2.84 bits per heavy atom. The third kappa shape index (κ3) is 2.94. The van der Waals surface area contributed by atoms with Crippen molar-refractivity contribution in [3.8, 4) is 0 Å². The second-order valence-electron chi connectivity index (χ2n) is 4.71. The molecule has 1 saturated heterocycles. The first-order valence-corrected chi connectivity index (χ1v) is 7.01. The van der Waals surface area contributed by atoms with E-state index in [0.29, 0.717) is 16.7 Å². The number of carbonyl (C=O) groups is 1. The molecule has 0 aliphatic carbocycles. The van der Waals surface area contributed by atoms with Crippen molar-refractivity contribution < 1.29 is 9.72 Å². The fraction of sp³-hybridized carbons (Fsp3) is 0.462. The number of anilines is 1. The molecule has 2 rings (SSSR count). The molecule has 1 aromatic carbocycles. The summed E-state index contributed by atoms with van der Waals surface area (Å²) >= 11 is 3.24. The molecule has 1 atom stereocenters. The number of hydrogen-bond acceptors (Lipinski definition) is 4. The van der Waals surface area contributed by atoms with E-state index >= 15 is 0 Å². The highest BCUT2D eigenvalue weighted by Crippen LogP contribution is 2.35. The zero-order valence-corrected chi connectivity index (χ0v) is 12.2. The molecule has 0 N–H and O–H groups in total. The minimum Gasteiger partial charge on any atom is -0.356 e. The molecule has 1 unspecified atom stereocenters.